The largest absolute Gasteiger partial charge is 0.383 e. The Morgan fingerprint density at radius 3 is 2.93 bits per heavy atom. The van der Waals surface area contributed by atoms with Crippen molar-refractivity contribution in [1.82, 2.24) is 0 Å². The summed E-state index contributed by atoms with van der Waals surface area (Å²) in [5.74, 6) is 0.969. The Morgan fingerprint density at radius 1 is 1.50 bits per heavy atom. The van der Waals surface area contributed by atoms with Gasteiger partial charge in [-0.05, 0) is 37.5 Å². The first-order chi connectivity index (χ1) is 6.74. The molecule has 1 aliphatic rings. The summed E-state index contributed by atoms with van der Waals surface area (Å²) in [4.78, 5) is 0. The molecular weight excluding hydrogens is 194 g/mol. The highest BCUT2D eigenvalue weighted by Gasteiger charge is 2.23. The maximum atomic E-state index is 5.91. The summed E-state index contributed by atoms with van der Waals surface area (Å²) in [6.07, 6.45) is 4.12. The molecule has 0 heterocycles. The maximum Gasteiger partial charge on any atom is 0.0426 e. The van der Waals surface area contributed by atoms with E-state index >= 15 is 0 Å². The van der Waals surface area contributed by atoms with Crippen LogP contribution in [0.4, 0.5) is 5.69 Å². The molecular formula is C12H16ClN. The highest BCUT2D eigenvalue weighted by Crippen LogP contribution is 2.34. The molecule has 1 aromatic rings. The van der Waals surface area contributed by atoms with E-state index in [0.717, 1.165) is 16.6 Å². The molecule has 1 fully saturated rings. The number of halogens is 1. The van der Waals surface area contributed by atoms with E-state index in [-0.39, 0.29) is 0 Å². The van der Waals surface area contributed by atoms with Gasteiger partial charge in [-0.2, -0.15) is 0 Å². The summed E-state index contributed by atoms with van der Waals surface area (Å²) < 4.78 is 0. The highest BCUT2D eigenvalue weighted by atomic mass is 35.5. The van der Waals surface area contributed by atoms with Crippen molar-refractivity contribution in [2.24, 2.45) is 5.92 Å². The van der Waals surface area contributed by atoms with E-state index < -0.39 is 0 Å². The van der Waals surface area contributed by atoms with Gasteiger partial charge in [-0.25, -0.2) is 0 Å². The zero-order valence-corrected chi connectivity index (χ0v) is 9.22. The Balaban J connectivity index is 1.88. The van der Waals surface area contributed by atoms with E-state index in [9.17, 15) is 0 Å². The van der Waals surface area contributed by atoms with Crippen molar-refractivity contribution in [1.29, 1.82) is 0 Å². The smallest absolute Gasteiger partial charge is 0.0426 e. The highest BCUT2D eigenvalue weighted by molar-refractivity contribution is 6.30. The zero-order chi connectivity index (χ0) is 9.97. The molecule has 2 heteroatoms. The van der Waals surface area contributed by atoms with E-state index in [4.69, 9.17) is 11.6 Å². The van der Waals surface area contributed by atoms with Crippen LogP contribution in [-0.4, -0.2) is 6.04 Å². The standard InChI is InChI=1S/C12H16ClN/c1-9(7-10-5-6-10)14-12-4-2-3-11(13)8-12/h2-4,8-10,14H,5-7H2,1H3. The van der Waals surface area contributed by atoms with E-state index in [1.165, 1.54) is 19.3 Å². The van der Waals surface area contributed by atoms with Gasteiger partial charge in [0, 0.05) is 16.8 Å². The number of hydrogen-bond acceptors (Lipinski definition) is 1. The van der Waals surface area contributed by atoms with Crippen LogP contribution in [0.3, 0.4) is 0 Å². The quantitative estimate of drug-likeness (QED) is 0.792. The van der Waals surface area contributed by atoms with Crippen molar-refractivity contribution in [2.45, 2.75) is 32.2 Å². The lowest BCUT2D eigenvalue weighted by Gasteiger charge is -2.14. The van der Waals surface area contributed by atoms with E-state index in [2.05, 4.69) is 18.3 Å². The molecule has 2 rings (SSSR count). The predicted octanol–water partition coefficient (Wildman–Crippen LogP) is 3.94. The van der Waals surface area contributed by atoms with Gasteiger partial charge in [0.15, 0.2) is 0 Å². The Kier molecular flexibility index (Phi) is 2.97. The average Bonchev–Trinajstić information content (AvgIpc) is 2.87. The first kappa shape index (κ1) is 9.85. The van der Waals surface area contributed by atoms with Gasteiger partial charge in [0.1, 0.15) is 0 Å². The van der Waals surface area contributed by atoms with E-state index in [1.807, 2.05) is 18.2 Å². The van der Waals surface area contributed by atoms with Gasteiger partial charge < -0.3 is 5.32 Å². The average molecular weight is 210 g/mol. The van der Waals surface area contributed by atoms with Crippen molar-refractivity contribution in [3.8, 4) is 0 Å². The summed E-state index contributed by atoms with van der Waals surface area (Å²) in [5, 5.41) is 4.27. The molecule has 76 valence electrons. The molecule has 1 N–H and O–H groups in total. The molecule has 0 aliphatic heterocycles. The molecule has 0 bridgehead atoms. The van der Waals surface area contributed by atoms with Crippen LogP contribution in [0.1, 0.15) is 26.2 Å². The topological polar surface area (TPSA) is 12.0 Å². The summed E-state index contributed by atoms with van der Waals surface area (Å²) in [7, 11) is 0. The Morgan fingerprint density at radius 2 is 2.29 bits per heavy atom. The SMILES string of the molecule is CC(CC1CC1)Nc1cccc(Cl)c1. The number of rotatable bonds is 4. The second kappa shape index (κ2) is 4.22. The third-order valence-electron chi connectivity index (χ3n) is 2.62. The minimum absolute atomic E-state index is 0.556. The van der Waals surface area contributed by atoms with Crippen LogP contribution in [0.15, 0.2) is 24.3 Å². The van der Waals surface area contributed by atoms with Gasteiger partial charge in [-0.3, -0.25) is 0 Å². The monoisotopic (exact) mass is 209 g/mol. The first-order valence-corrected chi connectivity index (χ1v) is 5.64. The van der Waals surface area contributed by atoms with Crippen molar-refractivity contribution in [3.63, 3.8) is 0 Å². The van der Waals surface area contributed by atoms with Crippen LogP contribution in [0.5, 0.6) is 0 Å². The maximum absolute atomic E-state index is 5.91. The molecule has 0 saturated heterocycles. The lowest BCUT2D eigenvalue weighted by Crippen LogP contribution is -2.15. The van der Waals surface area contributed by atoms with Crippen LogP contribution in [-0.2, 0) is 0 Å². The fraction of sp³-hybridized carbons (Fsp3) is 0.500. The second-order valence-electron chi connectivity index (χ2n) is 4.23. The number of benzene rings is 1. The fourth-order valence-electron chi connectivity index (χ4n) is 1.78. The van der Waals surface area contributed by atoms with Crippen molar-refractivity contribution in [2.75, 3.05) is 5.32 Å². The van der Waals surface area contributed by atoms with Gasteiger partial charge in [-0.15, -0.1) is 0 Å². The summed E-state index contributed by atoms with van der Waals surface area (Å²) >= 11 is 5.91. The number of nitrogens with one attached hydrogen (secondary N) is 1. The molecule has 14 heavy (non-hydrogen) atoms. The molecule has 0 aromatic heterocycles. The third-order valence-corrected chi connectivity index (χ3v) is 2.86. The van der Waals surface area contributed by atoms with Gasteiger partial charge in [-0.1, -0.05) is 30.5 Å². The molecule has 0 spiro atoms. The molecule has 1 atom stereocenters. The summed E-state index contributed by atoms with van der Waals surface area (Å²) in [5.41, 5.74) is 1.13. The first-order valence-electron chi connectivity index (χ1n) is 5.26. The number of hydrogen-bond donors (Lipinski definition) is 1. The minimum Gasteiger partial charge on any atom is -0.383 e. The van der Waals surface area contributed by atoms with E-state index in [1.54, 1.807) is 0 Å². The van der Waals surface area contributed by atoms with Gasteiger partial charge in [0.2, 0.25) is 0 Å². The molecule has 0 amide bonds. The van der Waals surface area contributed by atoms with Gasteiger partial charge >= 0.3 is 0 Å². The Bertz CT molecular complexity index is 307. The minimum atomic E-state index is 0.556. The van der Waals surface area contributed by atoms with Crippen LogP contribution in [0, 0.1) is 5.92 Å². The second-order valence-corrected chi connectivity index (χ2v) is 4.67. The summed E-state index contributed by atoms with van der Waals surface area (Å²) in [6.45, 7) is 2.24. The lowest BCUT2D eigenvalue weighted by atomic mass is 10.1. The number of anilines is 1. The third kappa shape index (κ3) is 2.91. The summed E-state index contributed by atoms with van der Waals surface area (Å²) in [6, 6.07) is 8.48. The van der Waals surface area contributed by atoms with Crippen LogP contribution < -0.4 is 5.32 Å². The molecule has 1 unspecified atom stereocenters. The predicted molar refractivity (Wildman–Crippen MR) is 61.9 cm³/mol. The Labute approximate surface area is 90.5 Å². The van der Waals surface area contributed by atoms with Crippen LogP contribution >= 0.6 is 11.6 Å². The van der Waals surface area contributed by atoms with Crippen LogP contribution in [0.25, 0.3) is 0 Å². The molecule has 1 nitrogen and oxygen atoms in total. The molecule has 1 aliphatic carbocycles. The molecule has 1 aromatic carbocycles. The van der Waals surface area contributed by atoms with Gasteiger partial charge in [0.25, 0.3) is 0 Å². The van der Waals surface area contributed by atoms with Crippen molar-refractivity contribution >= 4 is 17.3 Å². The van der Waals surface area contributed by atoms with Crippen LogP contribution in [0.2, 0.25) is 5.02 Å². The Hall–Kier alpha value is -0.690. The normalized spacial score (nSPS) is 17.9. The zero-order valence-electron chi connectivity index (χ0n) is 8.46. The fourth-order valence-corrected chi connectivity index (χ4v) is 1.97. The van der Waals surface area contributed by atoms with Gasteiger partial charge in [0.05, 0.1) is 0 Å². The van der Waals surface area contributed by atoms with Crippen molar-refractivity contribution in [3.05, 3.63) is 29.3 Å². The van der Waals surface area contributed by atoms with Crippen molar-refractivity contribution < 1.29 is 0 Å². The molecule has 1 saturated carbocycles. The van der Waals surface area contributed by atoms with E-state index in [0.29, 0.717) is 6.04 Å². The molecule has 0 radical (unpaired) electrons. The lowest BCUT2D eigenvalue weighted by molar-refractivity contribution is 0.642.